The van der Waals surface area contributed by atoms with Crippen molar-refractivity contribution in [2.75, 3.05) is 13.1 Å². The average Bonchev–Trinajstić information content (AvgIpc) is 2.36. The van der Waals surface area contributed by atoms with E-state index in [0.717, 1.165) is 6.42 Å². The fraction of sp³-hybridized carbons (Fsp3) is 0.571. The van der Waals surface area contributed by atoms with Crippen LogP contribution in [0.1, 0.15) is 38.8 Å². The molecular formula is C14H22F2N2. The van der Waals surface area contributed by atoms with E-state index >= 15 is 0 Å². The molecule has 2 N–H and O–H groups in total. The highest BCUT2D eigenvalue weighted by atomic mass is 19.1. The highest BCUT2D eigenvalue weighted by molar-refractivity contribution is 5.24. The molecule has 0 radical (unpaired) electrons. The maximum absolute atomic E-state index is 13.8. The highest BCUT2D eigenvalue weighted by Gasteiger charge is 2.26. The molecule has 4 heteroatoms. The van der Waals surface area contributed by atoms with E-state index in [1.807, 2.05) is 18.7 Å². The van der Waals surface area contributed by atoms with E-state index in [0.29, 0.717) is 6.54 Å². The zero-order valence-electron chi connectivity index (χ0n) is 11.3. The van der Waals surface area contributed by atoms with Crippen molar-refractivity contribution in [3.63, 3.8) is 0 Å². The molecule has 2 unspecified atom stereocenters. The Morgan fingerprint density at radius 3 is 2.17 bits per heavy atom. The summed E-state index contributed by atoms with van der Waals surface area (Å²) in [5.41, 5.74) is 5.82. The Balaban J connectivity index is 3.15. The monoisotopic (exact) mass is 256 g/mol. The van der Waals surface area contributed by atoms with E-state index < -0.39 is 17.7 Å². The second kappa shape index (κ2) is 6.81. The van der Waals surface area contributed by atoms with Crippen molar-refractivity contribution in [2.45, 2.75) is 39.3 Å². The smallest absolute Gasteiger partial charge is 0.130 e. The van der Waals surface area contributed by atoms with Crippen LogP contribution in [0.3, 0.4) is 0 Å². The predicted molar refractivity (Wildman–Crippen MR) is 70.3 cm³/mol. The Labute approximate surface area is 108 Å². The van der Waals surface area contributed by atoms with Crippen molar-refractivity contribution >= 4 is 0 Å². The van der Waals surface area contributed by atoms with Gasteiger partial charge in [0.1, 0.15) is 11.6 Å². The first-order valence-electron chi connectivity index (χ1n) is 6.46. The van der Waals surface area contributed by atoms with Gasteiger partial charge in [-0.2, -0.15) is 0 Å². The lowest BCUT2D eigenvalue weighted by molar-refractivity contribution is 0.146. The zero-order valence-corrected chi connectivity index (χ0v) is 11.3. The van der Waals surface area contributed by atoms with Gasteiger partial charge in [0.2, 0.25) is 0 Å². The lowest BCUT2D eigenvalue weighted by Crippen LogP contribution is -2.40. The molecule has 0 spiro atoms. The van der Waals surface area contributed by atoms with Gasteiger partial charge < -0.3 is 5.73 Å². The van der Waals surface area contributed by atoms with E-state index in [1.54, 1.807) is 0 Å². The predicted octanol–water partition coefficient (Wildman–Crippen LogP) is 3.09. The third-order valence-corrected chi connectivity index (χ3v) is 3.48. The minimum absolute atomic E-state index is 0.0853. The molecule has 18 heavy (non-hydrogen) atoms. The summed E-state index contributed by atoms with van der Waals surface area (Å²) in [7, 11) is 0. The van der Waals surface area contributed by atoms with Crippen LogP contribution in [0.15, 0.2) is 18.2 Å². The molecule has 1 aromatic rings. The van der Waals surface area contributed by atoms with Crippen LogP contribution in [-0.4, -0.2) is 24.0 Å². The zero-order chi connectivity index (χ0) is 13.7. The molecule has 0 heterocycles. The molecule has 0 aliphatic heterocycles. The largest absolute Gasteiger partial charge is 0.329 e. The number of nitrogens with two attached hydrogens (primary N) is 1. The van der Waals surface area contributed by atoms with Gasteiger partial charge in [0, 0.05) is 18.2 Å². The maximum atomic E-state index is 13.8. The first-order valence-corrected chi connectivity index (χ1v) is 6.46. The summed E-state index contributed by atoms with van der Waals surface area (Å²) < 4.78 is 27.7. The molecule has 0 aliphatic carbocycles. The standard InChI is InChI=1S/C14H22F2N2/c1-4-10(3)18(5-2)13(9-17)14-11(15)7-6-8-12(14)16/h6-8,10,13H,4-5,9,17H2,1-3H3. The minimum atomic E-state index is -0.521. The fourth-order valence-electron chi connectivity index (χ4n) is 2.32. The number of likely N-dealkylation sites (N-methyl/N-ethyl adjacent to an activating group) is 1. The summed E-state index contributed by atoms with van der Waals surface area (Å²) in [6.07, 6.45) is 0.917. The molecule has 102 valence electrons. The van der Waals surface area contributed by atoms with Crippen LogP contribution in [-0.2, 0) is 0 Å². The summed E-state index contributed by atoms with van der Waals surface area (Å²) in [6, 6.07) is 3.77. The molecule has 0 aromatic heterocycles. The highest BCUT2D eigenvalue weighted by Crippen LogP contribution is 2.27. The molecule has 2 atom stereocenters. The summed E-state index contributed by atoms with van der Waals surface area (Å²) in [5, 5.41) is 0. The molecule has 1 rings (SSSR count). The second-order valence-corrected chi connectivity index (χ2v) is 4.47. The molecule has 1 aromatic carbocycles. The van der Waals surface area contributed by atoms with Gasteiger partial charge in [-0.3, -0.25) is 4.90 Å². The van der Waals surface area contributed by atoms with Crippen LogP contribution in [0.4, 0.5) is 8.78 Å². The van der Waals surface area contributed by atoms with Crippen LogP contribution < -0.4 is 5.73 Å². The number of benzene rings is 1. The van der Waals surface area contributed by atoms with Gasteiger partial charge >= 0.3 is 0 Å². The van der Waals surface area contributed by atoms with Crippen molar-refractivity contribution in [1.82, 2.24) is 4.90 Å². The summed E-state index contributed by atoms with van der Waals surface area (Å²) in [4.78, 5) is 2.04. The van der Waals surface area contributed by atoms with Gasteiger partial charge in [0.05, 0.1) is 6.04 Å². The van der Waals surface area contributed by atoms with Crippen LogP contribution in [0, 0.1) is 11.6 Å². The maximum Gasteiger partial charge on any atom is 0.130 e. The summed E-state index contributed by atoms with van der Waals surface area (Å²) in [6.45, 7) is 7.00. The van der Waals surface area contributed by atoms with Crippen LogP contribution in [0.25, 0.3) is 0 Å². The molecule has 0 aliphatic rings. The lowest BCUT2D eigenvalue weighted by Gasteiger charge is -2.35. The van der Waals surface area contributed by atoms with Crippen molar-refractivity contribution in [3.05, 3.63) is 35.4 Å². The molecule has 2 nitrogen and oxygen atoms in total. The molecule has 0 saturated heterocycles. The summed E-state index contributed by atoms with van der Waals surface area (Å²) in [5.74, 6) is -1.04. The van der Waals surface area contributed by atoms with Gasteiger partial charge in [-0.15, -0.1) is 0 Å². The molecule has 0 amide bonds. The number of hydrogen-bond acceptors (Lipinski definition) is 2. The normalized spacial score (nSPS) is 14.8. The van der Waals surface area contributed by atoms with Crippen molar-refractivity contribution in [2.24, 2.45) is 5.73 Å². The number of nitrogens with zero attached hydrogens (tertiary/aromatic N) is 1. The lowest BCUT2D eigenvalue weighted by atomic mass is 10.0. The van der Waals surface area contributed by atoms with E-state index in [-0.39, 0.29) is 18.2 Å². The van der Waals surface area contributed by atoms with Gasteiger partial charge in [0.25, 0.3) is 0 Å². The van der Waals surface area contributed by atoms with E-state index in [9.17, 15) is 8.78 Å². The average molecular weight is 256 g/mol. The van der Waals surface area contributed by atoms with Gasteiger partial charge in [0.15, 0.2) is 0 Å². The Hall–Kier alpha value is -1.00. The quantitative estimate of drug-likeness (QED) is 0.847. The Morgan fingerprint density at radius 1 is 1.22 bits per heavy atom. The Bertz CT molecular complexity index is 362. The van der Waals surface area contributed by atoms with Gasteiger partial charge in [-0.25, -0.2) is 8.78 Å². The molecule has 0 fully saturated rings. The fourth-order valence-corrected chi connectivity index (χ4v) is 2.32. The molecule has 0 saturated carbocycles. The first kappa shape index (κ1) is 15.1. The second-order valence-electron chi connectivity index (χ2n) is 4.47. The van der Waals surface area contributed by atoms with Crippen LogP contribution in [0.5, 0.6) is 0 Å². The first-order chi connectivity index (χ1) is 8.56. The van der Waals surface area contributed by atoms with Crippen molar-refractivity contribution < 1.29 is 8.78 Å². The number of hydrogen-bond donors (Lipinski definition) is 1. The third-order valence-electron chi connectivity index (χ3n) is 3.48. The van der Waals surface area contributed by atoms with Crippen molar-refractivity contribution in [1.29, 1.82) is 0 Å². The number of halogens is 2. The van der Waals surface area contributed by atoms with Crippen molar-refractivity contribution in [3.8, 4) is 0 Å². The Morgan fingerprint density at radius 2 is 1.78 bits per heavy atom. The van der Waals surface area contributed by atoms with E-state index in [2.05, 4.69) is 6.92 Å². The Kier molecular flexibility index (Phi) is 5.69. The van der Waals surface area contributed by atoms with Gasteiger partial charge in [-0.05, 0) is 32.0 Å². The topological polar surface area (TPSA) is 29.3 Å². The van der Waals surface area contributed by atoms with E-state index in [4.69, 9.17) is 5.73 Å². The van der Waals surface area contributed by atoms with E-state index in [1.165, 1.54) is 18.2 Å². The SMILES string of the molecule is CCC(C)N(CC)C(CN)c1c(F)cccc1F. The van der Waals surface area contributed by atoms with Gasteiger partial charge in [-0.1, -0.05) is 19.9 Å². The minimum Gasteiger partial charge on any atom is -0.329 e. The molecule has 0 bridgehead atoms. The summed E-state index contributed by atoms with van der Waals surface area (Å²) >= 11 is 0. The van der Waals surface area contributed by atoms with Crippen LogP contribution >= 0.6 is 0 Å². The number of rotatable bonds is 6. The van der Waals surface area contributed by atoms with Crippen LogP contribution in [0.2, 0.25) is 0 Å². The molecular weight excluding hydrogens is 234 g/mol. The third kappa shape index (κ3) is 3.06.